The van der Waals surface area contributed by atoms with E-state index in [2.05, 4.69) is 16.8 Å². The number of nitrogens with two attached hydrogens (primary N) is 1. The molecule has 1 aromatic heterocycles. The first-order valence-corrected chi connectivity index (χ1v) is 8.18. The summed E-state index contributed by atoms with van der Waals surface area (Å²) in [6.45, 7) is 5.10. The smallest absolute Gasteiger partial charge is 0.226 e. The Morgan fingerprint density at radius 2 is 1.96 bits per heavy atom. The summed E-state index contributed by atoms with van der Waals surface area (Å²) in [4.78, 5) is 7.00. The summed E-state index contributed by atoms with van der Waals surface area (Å²) in [5, 5.41) is 0.715. The first-order valence-electron chi connectivity index (χ1n) is 7.80. The Morgan fingerprint density at radius 1 is 1.30 bits per heavy atom. The zero-order valence-electron chi connectivity index (χ0n) is 13.2. The van der Waals surface area contributed by atoms with Gasteiger partial charge in [0.15, 0.2) is 0 Å². The highest BCUT2D eigenvalue weighted by Crippen LogP contribution is 2.23. The third kappa shape index (κ3) is 4.70. The van der Waals surface area contributed by atoms with Crippen LogP contribution in [0.5, 0.6) is 0 Å². The summed E-state index contributed by atoms with van der Waals surface area (Å²) in [5.41, 5.74) is 7.91. The van der Waals surface area contributed by atoms with Gasteiger partial charge in [0.2, 0.25) is 5.89 Å². The summed E-state index contributed by atoms with van der Waals surface area (Å²) in [5.74, 6) is 1.30. The normalized spacial score (nSPS) is 17.7. The molecule has 0 saturated carbocycles. The first kappa shape index (κ1) is 18.3. The maximum Gasteiger partial charge on any atom is 0.226 e. The topological polar surface area (TPSA) is 55.3 Å². The highest BCUT2D eigenvalue weighted by Gasteiger charge is 2.22. The number of aromatic nitrogens is 1. The van der Waals surface area contributed by atoms with Crippen LogP contribution in [0.2, 0.25) is 5.02 Å². The third-order valence-electron chi connectivity index (χ3n) is 4.40. The maximum atomic E-state index is 5.99. The molecule has 1 aromatic carbocycles. The van der Waals surface area contributed by atoms with Crippen molar-refractivity contribution in [1.29, 1.82) is 0 Å². The molecule has 126 valence electrons. The van der Waals surface area contributed by atoms with E-state index >= 15 is 0 Å². The molecule has 1 aliphatic rings. The van der Waals surface area contributed by atoms with Gasteiger partial charge < -0.3 is 10.2 Å². The van der Waals surface area contributed by atoms with Gasteiger partial charge in [0.25, 0.3) is 0 Å². The van der Waals surface area contributed by atoms with Crippen LogP contribution in [-0.4, -0.2) is 29.0 Å². The Bertz CT molecular complexity index is 605. The molecular weight excluding hydrogens is 333 g/mol. The van der Waals surface area contributed by atoms with Crippen molar-refractivity contribution in [2.24, 2.45) is 11.7 Å². The van der Waals surface area contributed by atoms with E-state index in [9.17, 15) is 0 Å². The molecule has 1 aliphatic heterocycles. The van der Waals surface area contributed by atoms with Crippen LogP contribution in [0.1, 0.15) is 25.5 Å². The number of rotatable bonds is 4. The lowest BCUT2D eigenvalue weighted by Gasteiger charge is -2.33. The lowest BCUT2D eigenvalue weighted by atomic mass is 9.91. The highest BCUT2D eigenvalue weighted by atomic mass is 35.5. The molecule has 1 atom stereocenters. The largest absolute Gasteiger partial charge is 0.444 e. The zero-order chi connectivity index (χ0) is 15.5. The van der Waals surface area contributed by atoms with Crippen LogP contribution in [0.4, 0.5) is 0 Å². The molecule has 1 saturated heterocycles. The van der Waals surface area contributed by atoms with Gasteiger partial charge in [-0.25, -0.2) is 4.98 Å². The van der Waals surface area contributed by atoms with Gasteiger partial charge in [-0.3, -0.25) is 4.90 Å². The number of nitrogens with zero attached hydrogens (tertiary/aromatic N) is 2. The molecule has 0 aliphatic carbocycles. The molecule has 2 heterocycles. The Balaban J connectivity index is 0.00000192. The Kier molecular flexibility index (Phi) is 6.48. The van der Waals surface area contributed by atoms with E-state index in [0.29, 0.717) is 22.9 Å². The number of oxazole rings is 1. The SMILES string of the molecule is CC(N)C1CCN(Cc2coc(-c3ccc(Cl)cc3)n2)CC1.Cl. The molecule has 4 nitrogen and oxygen atoms in total. The minimum Gasteiger partial charge on any atom is -0.444 e. The van der Waals surface area contributed by atoms with Gasteiger partial charge in [0, 0.05) is 23.2 Å². The van der Waals surface area contributed by atoms with Crippen molar-refractivity contribution in [3.63, 3.8) is 0 Å². The lowest BCUT2D eigenvalue weighted by Crippen LogP contribution is -2.39. The van der Waals surface area contributed by atoms with Crippen molar-refractivity contribution in [3.8, 4) is 11.5 Å². The van der Waals surface area contributed by atoms with Crippen molar-refractivity contribution < 1.29 is 4.42 Å². The van der Waals surface area contributed by atoms with Crippen molar-refractivity contribution in [2.75, 3.05) is 13.1 Å². The lowest BCUT2D eigenvalue weighted by molar-refractivity contribution is 0.164. The van der Waals surface area contributed by atoms with Crippen LogP contribution < -0.4 is 5.73 Å². The fraction of sp³-hybridized carbons (Fsp3) is 0.471. The number of hydrogen-bond acceptors (Lipinski definition) is 4. The number of halogens is 2. The van der Waals surface area contributed by atoms with Crippen molar-refractivity contribution in [3.05, 3.63) is 41.2 Å². The fourth-order valence-corrected chi connectivity index (χ4v) is 3.10. The number of benzene rings is 1. The minimum absolute atomic E-state index is 0. The van der Waals surface area contributed by atoms with E-state index in [1.54, 1.807) is 6.26 Å². The molecule has 23 heavy (non-hydrogen) atoms. The van der Waals surface area contributed by atoms with Crippen molar-refractivity contribution in [2.45, 2.75) is 32.4 Å². The van der Waals surface area contributed by atoms with E-state index in [-0.39, 0.29) is 12.4 Å². The average Bonchev–Trinajstić information content (AvgIpc) is 2.97. The van der Waals surface area contributed by atoms with Crippen LogP contribution in [0.25, 0.3) is 11.5 Å². The molecule has 2 N–H and O–H groups in total. The number of piperidine rings is 1. The van der Waals surface area contributed by atoms with Gasteiger partial charge in [0.1, 0.15) is 6.26 Å². The van der Waals surface area contributed by atoms with E-state index in [1.165, 1.54) is 12.8 Å². The van der Waals surface area contributed by atoms with Crippen molar-refractivity contribution >= 4 is 24.0 Å². The molecule has 1 fully saturated rings. The Morgan fingerprint density at radius 3 is 2.57 bits per heavy atom. The predicted octanol–water partition coefficient (Wildman–Crippen LogP) is 3.98. The minimum atomic E-state index is 0. The quantitative estimate of drug-likeness (QED) is 0.901. The van der Waals surface area contributed by atoms with Crippen LogP contribution in [0.15, 0.2) is 34.9 Å². The molecule has 0 spiro atoms. The molecule has 3 rings (SSSR count). The third-order valence-corrected chi connectivity index (χ3v) is 4.66. The first-order chi connectivity index (χ1) is 10.6. The second-order valence-electron chi connectivity index (χ2n) is 6.12. The monoisotopic (exact) mass is 355 g/mol. The standard InChI is InChI=1S/C17H22ClN3O.ClH/c1-12(19)13-6-8-21(9-7-13)10-16-11-22-17(20-16)14-2-4-15(18)5-3-14;/h2-5,11-13H,6-10,19H2,1H3;1H. The summed E-state index contributed by atoms with van der Waals surface area (Å²) >= 11 is 5.90. The maximum absolute atomic E-state index is 5.99. The second kappa shape index (κ2) is 8.15. The van der Waals surface area contributed by atoms with Crippen LogP contribution >= 0.6 is 24.0 Å². The van der Waals surface area contributed by atoms with Crippen LogP contribution in [-0.2, 0) is 6.54 Å². The van der Waals surface area contributed by atoms with Crippen molar-refractivity contribution in [1.82, 2.24) is 9.88 Å². The summed E-state index contributed by atoms with van der Waals surface area (Å²) in [6, 6.07) is 7.84. The van der Waals surface area contributed by atoms with Gasteiger partial charge in [-0.2, -0.15) is 0 Å². The average molecular weight is 356 g/mol. The van der Waals surface area contributed by atoms with Gasteiger partial charge >= 0.3 is 0 Å². The molecule has 0 radical (unpaired) electrons. The molecule has 0 amide bonds. The van der Waals surface area contributed by atoms with E-state index in [1.807, 2.05) is 24.3 Å². The molecule has 6 heteroatoms. The van der Waals surface area contributed by atoms with Crippen LogP contribution in [0.3, 0.4) is 0 Å². The Labute approximate surface area is 148 Å². The number of hydrogen-bond donors (Lipinski definition) is 1. The van der Waals surface area contributed by atoms with Gasteiger partial charge in [0.05, 0.1) is 5.69 Å². The summed E-state index contributed by atoms with van der Waals surface area (Å²) in [7, 11) is 0. The number of likely N-dealkylation sites (tertiary alicyclic amines) is 1. The molecular formula is C17H23Cl2N3O. The highest BCUT2D eigenvalue weighted by molar-refractivity contribution is 6.30. The second-order valence-corrected chi connectivity index (χ2v) is 6.56. The molecule has 2 aromatic rings. The van der Waals surface area contributed by atoms with E-state index in [0.717, 1.165) is 30.9 Å². The molecule has 1 unspecified atom stereocenters. The zero-order valence-corrected chi connectivity index (χ0v) is 14.8. The summed E-state index contributed by atoms with van der Waals surface area (Å²) < 4.78 is 5.59. The summed E-state index contributed by atoms with van der Waals surface area (Å²) in [6.07, 6.45) is 4.08. The Hall–Kier alpha value is -1.07. The van der Waals surface area contributed by atoms with Gasteiger partial charge in [-0.15, -0.1) is 12.4 Å². The molecule has 0 bridgehead atoms. The van der Waals surface area contributed by atoms with E-state index in [4.69, 9.17) is 21.8 Å². The van der Waals surface area contributed by atoms with E-state index < -0.39 is 0 Å². The van der Waals surface area contributed by atoms with Gasteiger partial charge in [-0.1, -0.05) is 11.6 Å². The predicted molar refractivity (Wildman–Crippen MR) is 95.8 cm³/mol. The fourth-order valence-electron chi connectivity index (χ4n) is 2.97. The van der Waals surface area contributed by atoms with Gasteiger partial charge in [-0.05, 0) is 63.0 Å². The van der Waals surface area contributed by atoms with Crippen LogP contribution in [0, 0.1) is 5.92 Å².